The molecule has 0 radical (unpaired) electrons. The molecule has 1 aromatic carbocycles. The standard InChI is InChI=1S/C23H29N3O3/c1-4-28-23(27)20-16(3)29-22(25)19(13-24)21(20)18-10-7-9-17(12-18)14-26-11-6-5-8-15(26)2/h7,9-10,12,15,21H,4-6,8,11,14,25H2,1-3H3. The highest BCUT2D eigenvalue weighted by Gasteiger charge is 2.36. The number of allylic oxidation sites excluding steroid dienone is 2. The average Bonchev–Trinajstić information content (AvgIpc) is 2.69. The third-order valence-electron chi connectivity index (χ3n) is 5.71. The number of piperidine rings is 1. The minimum absolute atomic E-state index is 0.0399. The van der Waals surface area contributed by atoms with Crippen molar-refractivity contribution >= 4 is 5.97 Å². The fourth-order valence-corrected chi connectivity index (χ4v) is 4.19. The van der Waals surface area contributed by atoms with Crippen molar-refractivity contribution in [2.75, 3.05) is 13.2 Å². The summed E-state index contributed by atoms with van der Waals surface area (Å²) in [6, 6.07) is 10.7. The van der Waals surface area contributed by atoms with E-state index in [2.05, 4.69) is 30.0 Å². The summed E-state index contributed by atoms with van der Waals surface area (Å²) in [6.45, 7) is 7.88. The normalized spacial score (nSPS) is 22.8. The molecule has 0 spiro atoms. The van der Waals surface area contributed by atoms with Gasteiger partial charge in [0.1, 0.15) is 17.4 Å². The second kappa shape index (κ2) is 9.15. The second-order valence-electron chi connectivity index (χ2n) is 7.68. The highest BCUT2D eigenvalue weighted by atomic mass is 16.5. The zero-order chi connectivity index (χ0) is 21.0. The van der Waals surface area contributed by atoms with E-state index in [1.165, 1.54) is 19.3 Å². The van der Waals surface area contributed by atoms with E-state index in [4.69, 9.17) is 15.2 Å². The summed E-state index contributed by atoms with van der Waals surface area (Å²) in [5.74, 6) is -0.657. The Morgan fingerprint density at radius 1 is 1.41 bits per heavy atom. The lowest BCUT2D eigenvalue weighted by molar-refractivity contribution is -0.139. The molecule has 3 rings (SSSR count). The Bertz CT molecular complexity index is 882. The molecule has 6 nitrogen and oxygen atoms in total. The predicted molar refractivity (Wildman–Crippen MR) is 110 cm³/mol. The number of benzene rings is 1. The summed E-state index contributed by atoms with van der Waals surface area (Å²) in [7, 11) is 0. The van der Waals surface area contributed by atoms with Gasteiger partial charge in [-0.3, -0.25) is 4.90 Å². The first-order chi connectivity index (χ1) is 14.0. The summed E-state index contributed by atoms with van der Waals surface area (Å²) in [5, 5.41) is 9.72. The lowest BCUT2D eigenvalue weighted by Gasteiger charge is -2.33. The molecule has 2 heterocycles. The Morgan fingerprint density at radius 3 is 2.90 bits per heavy atom. The predicted octanol–water partition coefficient (Wildman–Crippen LogP) is 3.71. The Kier molecular flexibility index (Phi) is 6.60. The maximum absolute atomic E-state index is 12.7. The summed E-state index contributed by atoms with van der Waals surface area (Å²) < 4.78 is 10.7. The molecule has 29 heavy (non-hydrogen) atoms. The van der Waals surface area contributed by atoms with Crippen LogP contribution in [0.15, 0.2) is 47.1 Å². The van der Waals surface area contributed by atoms with Gasteiger partial charge < -0.3 is 15.2 Å². The van der Waals surface area contributed by atoms with Gasteiger partial charge in [-0.2, -0.15) is 5.26 Å². The van der Waals surface area contributed by atoms with Crippen molar-refractivity contribution in [3.63, 3.8) is 0 Å². The Balaban J connectivity index is 1.98. The van der Waals surface area contributed by atoms with Crippen molar-refractivity contribution in [3.8, 4) is 6.07 Å². The molecule has 1 saturated heterocycles. The van der Waals surface area contributed by atoms with Crippen LogP contribution in [0.25, 0.3) is 0 Å². The van der Waals surface area contributed by atoms with Crippen molar-refractivity contribution in [2.24, 2.45) is 5.73 Å². The molecule has 1 aromatic rings. The van der Waals surface area contributed by atoms with Crippen molar-refractivity contribution in [1.29, 1.82) is 5.26 Å². The zero-order valence-corrected chi connectivity index (χ0v) is 17.4. The molecule has 1 fully saturated rings. The van der Waals surface area contributed by atoms with Gasteiger partial charge in [0, 0.05) is 12.6 Å². The number of hydrogen-bond donors (Lipinski definition) is 1. The number of nitrogens with zero attached hydrogens (tertiary/aromatic N) is 2. The topological polar surface area (TPSA) is 88.6 Å². The number of esters is 1. The summed E-state index contributed by atoms with van der Waals surface area (Å²) in [4.78, 5) is 15.1. The van der Waals surface area contributed by atoms with Crippen LogP contribution in [0.1, 0.15) is 57.1 Å². The van der Waals surface area contributed by atoms with Crippen LogP contribution in [0.2, 0.25) is 0 Å². The van der Waals surface area contributed by atoms with E-state index in [-0.39, 0.29) is 18.1 Å². The fourth-order valence-electron chi connectivity index (χ4n) is 4.19. The number of ether oxygens (including phenoxy) is 2. The second-order valence-corrected chi connectivity index (χ2v) is 7.68. The molecule has 2 aliphatic rings. The third kappa shape index (κ3) is 4.46. The van der Waals surface area contributed by atoms with Crippen LogP contribution in [0, 0.1) is 11.3 Å². The van der Waals surface area contributed by atoms with Gasteiger partial charge in [0.15, 0.2) is 0 Å². The van der Waals surface area contributed by atoms with E-state index in [1.807, 2.05) is 12.1 Å². The molecular weight excluding hydrogens is 366 g/mol. The van der Waals surface area contributed by atoms with E-state index in [0.29, 0.717) is 17.4 Å². The molecular formula is C23H29N3O3. The molecule has 2 aliphatic heterocycles. The molecule has 2 atom stereocenters. The molecule has 0 aromatic heterocycles. The molecule has 154 valence electrons. The minimum Gasteiger partial charge on any atom is -0.463 e. The highest BCUT2D eigenvalue weighted by molar-refractivity contribution is 5.92. The van der Waals surface area contributed by atoms with Crippen LogP contribution in [-0.4, -0.2) is 30.1 Å². The van der Waals surface area contributed by atoms with Crippen molar-refractivity contribution in [1.82, 2.24) is 4.90 Å². The number of likely N-dealkylation sites (tertiary alicyclic amines) is 1. The summed E-state index contributed by atoms with van der Waals surface area (Å²) >= 11 is 0. The molecule has 0 aliphatic carbocycles. The van der Waals surface area contributed by atoms with Gasteiger partial charge in [0.2, 0.25) is 5.88 Å². The van der Waals surface area contributed by atoms with Gasteiger partial charge >= 0.3 is 5.97 Å². The molecule has 0 saturated carbocycles. The first-order valence-electron chi connectivity index (χ1n) is 10.2. The van der Waals surface area contributed by atoms with Crippen molar-refractivity contribution < 1.29 is 14.3 Å². The van der Waals surface area contributed by atoms with Gasteiger partial charge in [0.25, 0.3) is 0 Å². The first kappa shape index (κ1) is 20.9. The van der Waals surface area contributed by atoms with E-state index < -0.39 is 11.9 Å². The smallest absolute Gasteiger partial charge is 0.338 e. The van der Waals surface area contributed by atoms with Crippen LogP contribution in [0.3, 0.4) is 0 Å². The van der Waals surface area contributed by atoms with Crippen LogP contribution in [-0.2, 0) is 20.8 Å². The molecule has 0 bridgehead atoms. The average molecular weight is 396 g/mol. The summed E-state index contributed by atoms with van der Waals surface area (Å²) in [5.41, 5.74) is 8.56. The van der Waals surface area contributed by atoms with Gasteiger partial charge in [-0.25, -0.2) is 4.79 Å². The zero-order valence-electron chi connectivity index (χ0n) is 17.4. The Hall–Kier alpha value is -2.78. The van der Waals surface area contributed by atoms with Gasteiger partial charge in [-0.1, -0.05) is 30.7 Å². The van der Waals surface area contributed by atoms with E-state index >= 15 is 0 Å². The number of hydrogen-bond acceptors (Lipinski definition) is 6. The monoisotopic (exact) mass is 395 g/mol. The minimum atomic E-state index is -0.591. The van der Waals surface area contributed by atoms with Gasteiger partial charge in [-0.05, 0) is 51.3 Å². The van der Waals surface area contributed by atoms with Crippen LogP contribution < -0.4 is 5.73 Å². The van der Waals surface area contributed by atoms with E-state index in [1.54, 1.807) is 13.8 Å². The maximum atomic E-state index is 12.7. The third-order valence-corrected chi connectivity index (χ3v) is 5.71. The lowest BCUT2D eigenvalue weighted by Crippen LogP contribution is -2.36. The van der Waals surface area contributed by atoms with Crippen LogP contribution >= 0.6 is 0 Å². The molecule has 2 N–H and O–H groups in total. The number of carbonyl (C=O) groups is 1. The first-order valence-corrected chi connectivity index (χ1v) is 10.2. The highest BCUT2D eigenvalue weighted by Crippen LogP contribution is 2.39. The van der Waals surface area contributed by atoms with Gasteiger partial charge in [-0.15, -0.1) is 0 Å². The number of nitrogens with two attached hydrogens (primary N) is 1. The van der Waals surface area contributed by atoms with Crippen LogP contribution in [0.5, 0.6) is 0 Å². The number of rotatable bonds is 5. The lowest BCUT2D eigenvalue weighted by atomic mass is 9.82. The summed E-state index contributed by atoms with van der Waals surface area (Å²) in [6.07, 6.45) is 3.71. The maximum Gasteiger partial charge on any atom is 0.338 e. The molecule has 0 amide bonds. The SMILES string of the molecule is CCOC(=O)C1=C(C)OC(N)=C(C#N)C1c1cccc(CN2CCCCC2C)c1. The van der Waals surface area contributed by atoms with E-state index in [0.717, 1.165) is 24.2 Å². The number of nitriles is 1. The molecule has 2 unspecified atom stereocenters. The molecule has 6 heteroatoms. The fraction of sp³-hybridized carbons (Fsp3) is 0.478. The van der Waals surface area contributed by atoms with Crippen LogP contribution in [0.4, 0.5) is 0 Å². The Labute approximate surface area is 172 Å². The van der Waals surface area contributed by atoms with Crippen molar-refractivity contribution in [3.05, 3.63) is 58.2 Å². The van der Waals surface area contributed by atoms with E-state index in [9.17, 15) is 10.1 Å². The number of carbonyl (C=O) groups excluding carboxylic acids is 1. The quantitative estimate of drug-likeness (QED) is 0.765. The largest absolute Gasteiger partial charge is 0.463 e. The van der Waals surface area contributed by atoms with Crippen molar-refractivity contribution in [2.45, 2.75) is 58.5 Å². The van der Waals surface area contributed by atoms with Gasteiger partial charge in [0.05, 0.1) is 18.1 Å². The Morgan fingerprint density at radius 2 is 2.21 bits per heavy atom.